The second-order valence-corrected chi connectivity index (χ2v) is 3.10. The highest BCUT2D eigenvalue weighted by molar-refractivity contribution is 5.91. The van der Waals surface area contributed by atoms with Gasteiger partial charge in [0.2, 0.25) is 0 Å². The fraction of sp³-hybridized carbons (Fsp3) is 0.364. The number of nitrogens with two attached hydrogens (primary N) is 1. The number of carbonyl (C=O) groups is 1. The lowest BCUT2D eigenvalue weighted by Gasteiger charge is -2.16. The lowest BCUT2D eigenvalue weighted by molar-refractivity contribution is 0.0748. The number of nitrogens with zero attached hydrogens (tertiary/aromatic N) is 1. The van der Waals surface area contributed by atoms with Crippen molar-refractivity contribution in [2.24, 2.45) is 5.73 Å². The van der Waals surface area contributed by atoms with Gasteiger partial charge >= 0.3 is 0 Å². The van der Waals surface area contributed by atoms with Crippen LogP contribution in [0.25, 0.3) is 0 Å². The van der Waals surface area contributed by atoms with E-state index in [9.17, 15) is 4.79 Å². The zero-order chi connectivity index (χ0) is 11.3. The van der Waals surface area contributed by atoms with Crippen LogP contribution in [0.3, 0.4) is 0 Å². The predicted molar refractivity (Wildman–Crippen MR) is 58.4 cm³/mol. The molecule has 1 heterocycles. The Morgan fingerprint density at radius 3 is 2.87 bits per heavy atom. The summed E-state index contributed by atoms with van der Waals surface area (Å²) in [7, 11) is 0. The van der Waals surface area contributed by atoms with Crippen molar-refractivity contribution in [3.05, 3.63) is 36.3 Å². The second-order valence-electron chi connectivity index (χ2n) is 3.10. The second kappa shape index (κ2) is 5.36. The van der Waals surface area contributed by atoms with Crippen molar-refractivity contribution in [2.75, 3.05) is 13.1 Å². The van der Waals surface area contributed by atoms with E-state index in [1.807, 2.05) is 6.92 Å². The van der Waals surface area contributed by atoms with E-state index in [4.69, 9.17) is 10.2 Å². The number of rotatable bonds is 5. The van der Waals surface area contributed by atoms with Gasteiger partial charge in [-0.1, -0.05) is 6.08 Å². The van der Waals surface area contributed by atoms with Crippen molar-refractivity contribution >= 4 is 5.91 Å². The summed E-state index contributed by atoms with van der Waals surface area (Å²) < 4.78 is 5.27. The lowest BCUT2D eigenvalue weighted by Crippen LogP contribution is -2.30. The molecular weight excluding hydrogens is 192 g/mol. The first-order valence-corrected chi connectivity index (χ1v) is 4.91. The largest absolute Gasteiger partial charge is 0.455 e. The highest BCUT2D eigenvalue weighted by Gasteiger charge is 2.16. The van der Waals surface area contributed by atoms with Crippen LogP contribution in [-0.4, -0.2) is 23.9 Å². The molecule has 4 heteroatoms. The third-order valence-electron chi connectivity index (χ3n) is 2.09. The van der Waals surface area contributed by atoms with Gasteiger partial charge in [0.1, 0.15) is 5.76 Å². The van der Waals surface area contributed by atoms with Crippen LogP contribution >= 0.6 is 0 Å². The summed E-state index contributed by atoms with van der Waals surface area (Å²) in [4.78, 5) is 13.5. The van der Waals surface area contributed by atoms with Gasteiger partial charge in [0, 0.05) is 13.1 Å². The van der Waals surface area contributed by atoms with Crippen molar-refractivity contribution in [2.45, 2.75) is 13.5 Å². The van der Waals surface area contributed by atoms with Crippen molar-refractivity contribution in [1.82, 2.24) is 4.90 Å². The number of hydrogen-bond donors (Lipinski definition) is 1. The molecule has 0 radical (unpaired) electrons. The first-order chi connectivity index (χ1) is 7.22. The Labute approximate surface area is 89.4 Å². The summed E-state index contributed by atoms with van der Waals surface area (Å²) in [5.41, 5.74) is 5.40. The maximum atomic E-state index is 11.8. The molecule has 1 amide bonds. The zero-order valence-electron chi connectivity index (χ0n) is 8.90. The third-order valence-corrected chi connectivity index (χ3v) is 2.09. The summed E-state index contributed by atoms with van der Waals surface area (Å²) >= 11 is 0. The molecular formula is C11H16N2O2. The molecule has 1 rings (SSSR count). The van der Waals surface area contributed by atoms with Crippen LogP contribution in [0.15, 0.2) is 29.2 Å². The van der Waals surface area contributed by atoms with Crippen molar-refractivity contribution in [3.63, 3.8) is 0 Å². The van der Waals surface area contributed by atoms with E-state index in [2.05, 4.69) is 6.58 Å². The van der Waals surface area contributed by atoms with Crippen LogP contribution in [0.4, 0.5) is 0 Å². The van der Waals surface area contributed by atoms with Gasteiger partial charge in [0.15, 0.2) is 5.76 Å². The topological polar surface area (TPSA) is 59.5 Å². The third kappa shape index (κ3) is 2.70. The molecule has 0 fully saturated rings. The molecule has 0 saturated carbocycles. The molecule has 0 unspecified atom stereocenters. The maximum Gasteiger partial charge on any atom is 0.289 e. The van der Waals surface area contributed by atoms with Crippen LogP contribution in [0.5, 0.6) is 0 Å². The number of carbonyl (C=O) groups excluding carboxylic acids is 1. The molecule has 15 heavy (non-hydrogen) atoms. The van der Waals surface area contributed by atoms with Gasteiger partial charge in [0.05, 0.1) is 6.54 Å². The van der Waals surface area contributed by atoms with Gasteiger partial charge in [-0.2, -0.15) is 0 Å². The van der Waals surface area contributed by atoms with Crippen molar-refractivity contribution in [1.29, 1.82) is 0 Å². The monoisotopic (exact) mass is 208 g/mol. The fourth-order valence-corrected chi connectivity index (χ4v) is 1.27. The summed E-state index contributed by atoms with van der Waals surface area (Å²) in [6.07, 6.45) is 1.69. The van der Waals surface area contributed by atoms with Crippen molar-refractivity contribution < 1.29 is 9.21 Å². The summed E-state index contributed by atoms with van der Waals surface area (Å²) in [6, 6.07) is 3.37. The van der Waals surface area contributed by atoms with Gasteiger partial charge in [-0.25, -0.2) is 0 Å². The van der Waals surface area contributed by atoms with Crippen LogP contribution in [0.1, 0.15) is 23.2 Å². The molecule has 0 aliphatic rings. The SMILES string of the molecule is C=CCN(CC)C(=O)c1ccc(CN)o1. The van der Waals surface area contributed by atoms with E-state index < -0.39 is 0 Å². The lowest BCUT2D eigenvalue weighted by atomic mass is 10.3. The minimum atomic E-state index is -0.128. The maximum absolute atomic E-state index is 11.8. The summed E-state index contributed by atoms with van der Waals surface area (Å²) in [5.74, 6) is 0.823. The van der Waals surface area contributed by atoms with Gasteiger partial charge in [-0.15, -0.1) is 6.58 Å². The molecule has 0 saturated heterocycles. The molecule has 2 N–H and O–H groups in total. The Morgan fingerprint density at radius 2 is 2.40 bits per heavy atom. The van der Waals surface area contributed by atoms with Crippen LogP contribution < -0.4 is 5.73 Å². The molecule has 0 aromatic carbocycles. The van der Waals surface area contributed by atoms with Gasteiger partial charge in [0.25, 0.3) is 5.91 Å². The Morgan fingerprint density at radius 1 is 1.67 bits per heavy atom. The smallest absolute Gasteiger partial charge is 0.289 e. The number of likely N-dealkylation sites (N-methyl/N-ethyl adjacent to an activating group) is 1. The number of hydrogen-bond acceptors (Lipinski definition) is 3. The molecule has 0 spiro atoms. The first-order valence-electron chi connectivity index (χ1n) is 4.91. The summed E-state index contributed by atoms with van der Waals surface area (Å²) in [6.45, 7) is 6.97. The highest BCUT2D eigenvalue weighted by atomic mass is 16.4. The number of furan rings is 1. The van der Waals surface area contributed by atoms with Gasteiger partial charge < -0.3 is 15.1 Å². The predicted octanol–water partition coefficient (Wildman–Crippen LogP) is 1.39. The van der Waals surface area contributed by atoms with E-state index in [0.717, 1.165) is 0 Å². The molecule has 0 bridgehead atoms. The van der Waals surface area contributed by atoms with Crippen molar-refractivity contribution in [3.8, 4) is 0 Å². The van der Waals surface area contributed by atoms with Crippen LogP contribution in [0, 0.1) is 0 Å². The minimum Gasteiger partial charge on any atom is -0.455 e. The van der Waals surface area contributed by atoms with Crippen LogP contribution in [-0.2, 0) is 6.54 Å². The molecule has 0 atom stereocenters. The summed E-state index contributed by atoms with van der Waals surface area (Å²) in [5, 5.41) is 0. The van der Waals surface area contributed by atoms with Gasteiger partial charge in [-0.05, 0) is 19.1 Å². The quantitative estimate of drug-likeness (QED) is 0.744. The molecule has 0 aliphatic carbocycles. The standard InChI is InChI=1S/C11H16N2O2/c1-3-7-13(4-2)11(14)10-6-5-9(8-12)15-10/h3,5-6H,1,4,7-8,12H2,2H3. The Bertz CT molecular complexity index is 344. The first kappa shape index (κ1) is 11.5. The van der Waals surface area contributed by atoms with E-state index in [-0.39, 0.29) is 5.91 Å². The average molecular weight is 208 g/mol. The Balaban J connectivity index is 2.77. The molecule has 0 aliphatic heterocycles. The average Bonchev–Trinajstić information content (AvgIpc) is 2.73. The van der Waals surface area contributed by atoms with E-state index >= 15 is 0 Å². The molecule has 1 aromatic rings. The molecule has 82 valence electrons. The zero-order valence-corrected chi connectivity index (χ0v) is 8.90. The Kier molecular flexibility index (Phi) is 4.12. The van der Waals surface area contributed by atoms with Crippen LogP contribution in [0.2, 0.25) is 0 Å². The van der Waals surface area contributed by atoms with E-state index in [1.54, 1.807) is 23.1 Å². The van der Waals surface area contributed by atoms with E-state index in [0.29, 0.717) is 31.2 Å². The molecule has 1 aromatic heterocycles. The van der Waals surface area contributed by atoms with Gasteiger partial charge in [-0.3, -0.25) is 4.79 Å². The van der Waals surface area contributed by atoms with E-state index in [1.165, 1.54) is 0 Å². The fourth-order valence-electron chi connectivity index (χ4n) is 1.27. The molecule has 4 nitrogen and oxygen atoms in total. The normalized spacial score (nSPS) is 10.0. The minimum absolute atomic E-state index is 0.128. The Hall–Kier alpha value is -1.55. The highest BCUT2D eigenvalue weighted by Crippen LogP contribution is 2.10. The number of amides is 1.